The van der Waals surface area contributed by atoms with Gasteiger partial charge in [-0.2, -0.15) is 0 Å². The van der Waals surface area contributed by atoms with Crippen LogP contribution in [0.25, 0.3) is 0 Å². The molecule has 0 bridgehead atoms. The fraction of sp³-hybridized carbons (Fsp3) is 0.647. The third kappa shape index (κ3) is 7.05. The molecule has 2 N–H and O–H groups in total. The Bertz CT molecular complexity index is 617. The van der Waals surface area contributed by atoms with Crippen molar-refractivity contribution in [1.82, 2.24) is 4.98 Å². The van der Waals surface area contributed by atoms with Crippen molar-refractivity contribution < 1.29 is 23.9 Å². The van der Waals surface area contributed by atoms with Gasteiger partial charge in [0.05, 0.1) is 18.6 Å². The first-order valence-electron chi connectivity index (χ1n) is 8.19. The molecule has 2 atom stereocenters. The van der Waals surface area contributed by atoms with Crippen molar-refractivity contribution in [2.45, 2.75) is 70.9 Å². The molecular weight excluding hydrogens is 406 g/mol. The van der Waals surface area contributed by atoms with E-state index < -0.39 is 20.4 Å². The quantitative estimate of drug-likeness (QED) is 0.591. The fourth-order valence-corrected chi connectivity index (χ4v) is 3.59. The Morgan fingerprint density at radius 1 is 1.48 bits per heavy atom. The van der Waals surface area contributed by atoms with Crippen molar-refractivity contribution in [1.29, 1.82) is 0 Å². The van der Waals surface area contributed by atoms with Gasteiger partial charge in [0.1, 0.15) is 6.26 Å². The molecule has 0 radical (unpaired) electrons. The number of hydrogen-bond acceptors (Lipinski definition) is 5. The molecule has 0 saturated carbocycles. The molecule has 0 saturated heterocycles. The van der Waals surface area contributed by atoms with E-state index in [4.69, 9.17) is 13.9 Å². The van der Waals surface area contributed by atoms with E-state index in [1.165, 1.54) is 0 Å². The first-order chi connectivity index (χ1) is 11.3. The Balaban J connectivity index is 2.80. The molecule has 0 aromatic carbocycles. The first kappa shape index (κ1) is 22.1. The maximum absolute atomic E-state index is 10.8. The number of rotatable bonds is 8. The number of allylic oxidation sites excluding steroid dienone is 1. The highest BCUT2D eigenvalue weighted by molar-refractivity contribution is 9.11. The molecular formula is C17H28BrNO5Si. The molecule has 0 fully saturated rings. The summed E-state index contributed by atoms with van der Waals surface area (Å²) in [6.07, 6.45) is 2.54. The Morgan fingerprint density at radius 2 is 2.08 bits per heavy atom. The lowest BCUT2D eigenvalue weighted by Crippen LogP contribution is -2.44. The molecule has 1 aromatic rings. The molecule has 0 aliphatic heterocycles. The lowest BCUT2D eigenvalue weighted by Gasteiger charge is -2.39. The van der Waals surface area contributed by atoms with Crippen LogP contribution in [0.15, 0.2) is 21.2 Å². The number of aliphatic hydroxyl groups is 1. The molecule has 25 heavy (non-hydrogen) atoms. The number of nitrogens with zero attached hydrogens (tertiary/aromatic N) is 1. The molecule has 8 heteroatoms. The van der Waals surface area contributed by atoms with Crippen LogP contribution in [0.1, 0.15) is 50.5 Å². The normalized spacial score (nSPS) is 15.9. The largest absolute Gasteiger partial charge is 0.476 e. The van der Waals surface area contributed by atoms with Crippen molar-refractivity contribution in [3.8, 4) is 0 Å². The lowest BCUT2D eigenvalue weighted by molar-refractivity contribution is 0.0689. The molecule has 6 nitrogen and oxygen atoms in total. The first-order valence-corrected chi connectivity index (χ1v) is 11.9. The zero-order valence-corrected chi connectivity index (χ0v) is 18.3. The van der Waals surface area contributed by atoms with E-state index in [9.17, 15) is 9.90 Å². The Kier molecular flexibility index (Phi) is 7.61. The predicted octanol–water partition coefficient (Wildman–Crippen LogP) is 4.36. The van der Waals surface area contributed by atoms with Gasteiger partial charge in [-0.3, -0.25) is 0 Å². The number of oxazole rings is 1. The average molecular weight is 434 g/mol. The highest BCUT2D eigenvalue weighted by Gasteiger charge is 2.39. The van der Waals surface area contributed by atoms with Crippen molar-refractivity contribution >= 4 is 30.2 Å². The monoisotopic (exact) mass is 433 g/mol. The van der Waals surface area contributed by atoms with E-state index in [0.29, 0.717) is 6.42 Å². The van der Waals surface area contributed by atoms with Gasteiger partial charge in [-0.05, 0) is 35.6 Å². The van der Waals surface area contributed by atoms with Gasteiger partial charge in [0.15, 0.2) is 19.9 Å². The molecule has 0 amide bonds. The van der Waals surface area contributed by atoms with E-state index in [1.54, 1.807) is 0 Å². The molecule has 0 unspecified atom stereocenters. The summed E-state index contributed by atoms with van der Waals surface area (Å²) >= 11 is 3.43. The van der Waals surface area contributed by atoms with E-state index in [-0.39, 0.29) is 29.1 Å². The van der Waals surface area contributed by atoms with Gasteiger partial charge >= 0.3 is 5.97 Å². The van der Waals surface area contributed by atoms with Crippen LogP contribution in [-0.2, 0) is 10.8 Å². The minimum absolute atomic E-state index is 0.0587. The predicted molar refractivity (Wildman–Crippen MR) is 103 cm³/mol. The van der Waals surface area contributed by atoms with Crippen LogP contribution in [-0.4, -0.2) is 41.7 Å². The minimum Gasteiger partial charge on any atom is -0.476 e. The second-order valence-corrected chi connectivity index (χ2v) is 13.7. The summed E-state index contributed by atoms with van der Waals surface area (Å²) in [6, 6.07) is 0. The second-order valence-electron chi connectivity index (χ2n) is 7.70. The number of halogens is 1. The molecule has 0 spiro atoms. The van der Waals surface area contributed by atoms with Crippen molar-refractivity contribution in [2.24, 2.45) is 0 Å². The molecule has 142 valence electrons. The summed E-state index contributed by atoms with van der Waals surface area (Å²) in [5.74, 6) is -0.947. The summed E-state index contributed by atoms with van der Waals surface area (Å²) < 4.78 is 12.4. The standard InChI is InChI=1S/C17H28BrNO5Si/c1-11(18)7-13(24-25(5,6)17(2,3)4)8-12(20)9-15-19-14(10-23-15)16(21)22/h7,10,12-13,20H,8-9H2,1-6H3,(H,21,22)/b11-7+/t12-,13+/m0/s1. The van der Waals surface area contributed by atoms with Gasteiger partial charge < -0.3 is 19.1 Å². The van der Waals surface area contributed by atoms with Gasteiger partial charge in [-0.25, -0.2) is 9.78 Å². The molecule has 1 heterocycles. The van der Waals surface area contributed by atoms with E-state index in [0.717, 1.165) is 10.7 Å². The summed E-state index contributed by atoms with van der Waals surface area (Å²) in [6.45, 7) is 12.7. The average Bonchev–Trinajstić information content (AvgIpc) is 2.84. The minimum atomic E-state index is -2.00. The Morgan fingerprint density at radius 3 is 2.52 bits per heavy atom. The summed E-state index contributed by atoms with van der Waals surface area (Å²) in [7, 11) is -2.00. The zero-order valence-electron chi connectivity index (χ0n) is 15.7. The number of carboxylic acids is 1. The third-order valence-electron chi connectivity index (χ3n) is 4.35. The van der Waals surface area contributed by atoms with Gasteiger partial charge in [-0.15, -0.1) is 0 Å². The SMILES string of the molecule is C/C(Br)=C\[C@H](C[C@H](O)Cc1nc(C(=O)O)co1)O[Si](C)(C)C(C)(C)C. The van der Waals surface area contributed by atoms with E-state index in [2.05, 4.69) is 54.8 Å². The van der Waals surface area contributed by atoms with Crippen LogP contribution in [0.4, 0.5) is 0 Å². The number of hydrogen-bond donors (Lipinski definition) is 2. The van der Waals surface area contributed by atoms with Crippen LogP contribution in [0.2, 0.25) is 18.1 Å². The van der Waals surface area contributed by atoms with Gasteiger partial charge in [0, 0.05) is 6.42 Å². The number of aliphatic hydroxyl groups excluding tert-OH is 1. The van der Waals surface area contributed by atoms with Crippen molar-refractivity contribution in [3.05, 3.63) is 28.4 Å². The molecule has 1 aromatic heterocycles. The van der Waals surface area contributed by atoms with Crippen molar-refractivity contribution in [3.63, 3.8) is 0 Å². The van der Waals surface area contributed by atoms with Crippen LogP contribution >= 0.6 is 15.9 Å². The number of carboxylic acid groups (broad SMARTS) is 1. The maximum atomic E-state index is 10.8. The number of carbonyl (C=O) groups is 1. The van der Waals surface area contributed by atoms with Gasteiger partial charge in [0.25, 0.3) is 0 Å². The Labute approximate surface area is 158 Å². The zero-order chi connectivity index (χ0) is 19.4. The van der Waals surface area contributed by atoms with Gasteiger partial charge in [-0.1, -0.05) is 36.7 Å². The summed E-state index contributed by atoms with van der Waals surface area (Å²) in [5, 5.41) is 19.3. The summed E-state index contributed by atoms with van der Waals surface area (Å²) in [5.41, 5.74) is -0.160. The summed E-state index contributed by atoms with van der Waals surface area (Å²) in [4.78, 5) is 14.7. The van der Waals surface area contributed by atoms with Crippen LogP contribution in [0.5, 0.6) is 0 Å². The molecule has 0 aliphatic carbocycles. The number of aromatic nitrogens is 1. The smallest absolute Gasteiger partial charge is 0.357 e. The number of aromatic carboxylic acids is 1. The Hall–Kier alpha value is -0.963. The van der Waals surface area contributed by atoms with Crippen LogP contribution < -0.4 is 0 Å². The highest BCUT2D eigenvalue weighted by Crippen LogP contribution is 2.38. The fourth-order valence-electron chi connectivity index (χ4n) is 2.02. The van der Waals surface area contributed by atoms with Gasteiger partial charge in [0.2, 0.25) is 0 Å². The third-order valence-corrected chi connectivity index (χ3v) is 9.12. The molecule has 1 rings (SSSR count). The van der Waals surface area contributed by atoms with E-state index >= 15 is 0 Å². The van der Waals surface area contributed by atoms with Crippen molar-refractivity contribution in [2.75, 3.05) is 0 Å². The molecule has 0 aliphatic rings. The maximum Gasteiger partial charge on any atom is 0.357 e. The lowest BCUT2D eigenvalue weighted by atomic mass is 10.1. The van der Waals surface area contributed by atoms with E-state index in [1.807, 2.05) is 13.0 Å². The topological polar surface area (TPSA) is 92.8 Å². The highest BCUT2D eigenvalue weighted by atomic mass is 79.9. The van der Waals surface area contributed by atoms with Crippen LogP contribution in [0.3, 0.4) is 0 Å². The second kappa shape index (κ2) is 8.61. The van der Waals surface area contributed by atoms with Crippen LogP contribution in [0, 0.1) is 0 Å².